The highest BCUT2D eigenvalue weighted by molar-refractivity contribution is 7.87. The van der Waals surface area contributed by atoms with Gasteiger partial charge in [-0.25, -0.2) is 0 Å². The van der Waals surface area contributed by atoms with E-state index in [0.29, 0.717) is 0 Å². The quantitative estimate of drug-likeness (QED) is 0.737. The predicted molar refractivity (Wildman–Crippen MR) is 80.4 cm³/mol. The van der Waals surface area contributed by atoms with Gasteiger partial charge >= 0.3 is 10.1 Å². The van der Waals surface area contributed by atoms with Gasteiger partial charge in [0, 0.05) is 5.39 Å². The van der Waals surface area contributed by atoms with E-state index in [0.717, 1.165) is 10.9 Å². The van der Waals surface area contributed by atoms with Crippen molar-refractivity contribution >= 4 is 44.2 Å². The summed E-state index contributed by atoms with van der Waals surface area (Å²) in [7, 11) is -3.98. The Kier molecular flexibility index (Phi) is 3.52. The molecule has 1 heterocycles. The van der Waals surface area contributed by atoms with E-state index < -0.39 is 10.1 Å². The normalized spacial score (nSPS) is 11.7. The molecule has 0 aliphatic rings. The van der Waals surface area contributed by atoms with Crippen LogP contribution in [0.1, 0.15) is 0 Å². The van der Waals surface area contributed by atoms with Crippen molar-refractivity contribution in [2.24, 2.45) is 0 Å². The predicted octanol–water partition coefficient (Wildman–Crippen LogP) is 3.64. The van der Waals surface area contributed by atoms with Crippen LogP contribution in [0.2, 0.25) is 10.0 Å². The van der Waals surface area contributed by atoms with E-state index in [4.69, 9.17) is 27.4 Å². The lowest BCUT2D eigenvalue weighted by Gasteiger charge is -2.07. The van der Waals surface area contributed by atoms with Crippen molar-refractivity contribution < 1.29 is 12.6 Å². The zero-order valence-electron chi connectivity index (χ0n) is 10.4. The molecule has 3 aromatic rings. The van der Waals surface area contributed by atoms with Crippen LogP contribution in [-0.4, -0.2) is 18.6 Å². The minimum atomic E-state index is -3.98. The molecule has 8 heteroatoms. The van der Waals surface area contributed by atoms with Gasteiger partial charge < -0.3 is 4.18 Å². The third-order valence-corrected chi connectivity index (χ3v) is 4.78. The average molecular weight is 343 g/mol. The number of aromatic nitrogens is 2. The van der Waals surface area contributed by atoms with Crippen LogP contribution in [0.25, 0.3) is 10.9 Å². The lowest BCUT2D eigenvalue weighted by atomic mass is 10.2. The number of nitrogens with zero attached hydrogens (tertiary/aromatic N) is 1. The van der Waals surface area contributed by atoms with Gasteiger partial charge in [0.05, 0.1) is 21.8 Å². The summed E-state index contributed by atoms with van der Waals surface area (Å²) in [4.78, 5) is -0.0656. The average Bonchev–Trinajstić information content (AvgIpc) is 2.88. The summed E-state index contributed by atoms with van der Waals surface area (Å²) in [5, 5.41) is 7.79. The van der Waals surface area contributed by atoms with Gasteiger partial charge in [-0.05, 0) is 36.4 Å². The van der Waals surface area contributed by atoms with Crippen LogP contribution in [0.5, 0.6) is 5.75 Å². The summed E-state index contributed by atoms with van der Waals surface area (Å²) in [5.41, 5.74) is 0.786. The summed E-state index contributed by atoms with van der Waals surface area (Å²) in [6.07, 6.45) is 1.58. The van der Waals surface area contributed by atoms with Crippen molar-refractivity contribution in [1.29, 1.82) is 0 Å². The van der Waals surface area contributed by atoms with Gasteiger partial charge in [-0.1, -0.05) is 23.2 Å². The van der Waals surface area contributed by atoms with E-state index in [-0.39, 0.29) is 20.7 Å². The van der Waals surface area contributed by atoms with Crippen LogP contribution in [0.3, 0.4) is 0 Å². The van der Waals surface area contributed by atoms with Gasteiger partial charge in [-0.3, -0.25) is 5.10 Å². The van der Waals surface area contributed by atoms with Gasteiger partial charge in [-0.15, -0.1) is 0 Å². The first-order valence-corrected chi connectivity index (χ1v) is 7.95. The molecule has 0 bridgehead atoms. The first-order chi connectivity index (χ1) is 9.95. The number of H-pyrrole nitrogens is 1. The van der Waals surface area contributed by atoms with Crippen LogP contribution >= 0.6 is 23.2 Å². The smallest absolute Gasteiger partial charge is 0.339 e. The zero-order chi connectivity index (χ0) is 15.0. The highest BCUT2D eigenvalue weighted by Crippen LogP contribution is 2.27. The van der Waals surface area contributed by atoms with E-state index in [1.54, 1.807) is 18.3 Å². The molecular weight excluding hydrogens is 335 g/mol. The van der Waals surface area contributed by atoms with Crippen LogP contribution in [0.15, 0.2) is 47.5 Å². The molecule has 0 amide bonds. The Balaban J connectivity index is 1.96. The van der Waals surface area contributed by atoms with Gasteiger partial charge in [-0.2, -0.15) is 13.5 Å². The van der Waals surface area contributed by atoms with Crippen molar-refractivity contribution in [3.8, 4) is 5.75 Å². The summed E-state index contributed by atoms with van der Waals surface area (Å²) >= 11 is 11.6. The number of fused-ring (bicyclic) bond motifs is 1. The largest absolute Gasteiger partial charge is 0.379 e. The third kappa shape index (κ3) is 2.83. The topological polar surface area (TPSA) is 72.1 Å². The number of halogens is 2. The van der Waals surface area contributed by atoms with E-state index >= 15 is 0 Å². The molecule has 0 aliphatic heterocycles. The molecule has 5 nitrogen and oxygen atoms in total. The number of hydrogen-bond donors (Lipinski definition) is 1. The van der Waals surface area contributed by atoms with E-state index in [9.17, 15) is 8.42 Å². The number of hydrogen-bond acceptors (Lipinski definition) is 4. The molecule has 21 heavy (non-hydrogen) atoms. The van der Waals surface area contributed by atoms with Crippen molar-refractivity contribution in [2.45, 2.75) is 4.90 Å². The minimum Gasteiger partial charge on any atom is -0.379 e. The Morgan fingerprint density at radius 3 is 2.62 bits per heavy atom. The maximum Gasteiger partial charge on any atom is 0.339 e. The highest BCUT2D eigenvalue weighted by atomic mass is 35.5. The highest BCUT2D eigenvalue weighted by Gasteiger charge is 2.18. The molecule has 3 rings (SSSR count). The third-order valence-electron chi connectivity index (χ3n) is 2.80. The minimum absolute atomic E-state index is 0.0656. The Labute approximate surface area is 130 Å². The molecule has 2 aromatic carbocycles. The van der Waals surface area contributed by atoms with Gasteiger partial charge in [0.25, 0.3) is 0 Å². The Morgan fingerprint density at radius 2 is 1.86 bits per heavy atom. The van der Waals surface area contributed by atoms with E-state index in [2.05, 4.69) is 10.2 Å². The molecule has 0 atom stereocenters. The lowest BCUT2D eigenvalue weighted by Crippen LogP contribution is -2.09. The van der Waals surface area contributed by atoms with E-state index in [1.807, 2.05) is 0 Å². The van der Waals surface area contributed by atoms with Gasteiger partial charge in [0.2, 0.25) is 0 Å². The second-order valence-electron chi connectivity index (χ2n) is 4.23. The Bertz CT molecular complexity index is 922. The molecule has 0 spiro atoms. The van der Waals surface area contributed by atoms with Crippen LogP contribution < -0.4 is 4.18 Å². The molecule has 0 saturated carbocycles. The fraction of sp³-hybridized carbons (Fsp3) is 0. The summed E-state index contributed by atoms with van der Waals surface area (Å²) in [6.45, 7) is 0. The maximum atomic E-state index is 12.2. The maximum absolute atomic E-state index is 12.2. The van der Waals surface area contributed by atoms with Crippen LogP contribution in [0.4, 0.5) is 0 Å². The summed E-state index contributed by atoms with van der Waals surface area (Å²) in [6, 6.07) is 8.78. The molecule has 0 radical (unpaired) electrons. The number of aromatic amines is 1. The SMILES string of the molecule is O=S(=O)(Oc1ccc2[nH]ncc2c1)c1ccc(Cl)c(Cl)c1. The zero-order valence-corrected chi connectivity index (χ0v) is 12.7. The standard InChI is InChI=1S/C13H8Cl2N2O3S/c14-11-3-2-10(6-12(11)15)21(18,19)20-9-1-4-13-8(5-9)7-16-17-13/h1-7H,(H,16,17). The monoisotopic (exact) mass is 342 g/mol. The number of benzene rings is 2. The summed E-state index contributed by atoms with van der Waals surface area (Å²) in [5.74, 6) is 0.190. The van der Waals surface area contributed by atoms with Crippen molar-refractivity contribution in [3.63, 3.8) is 0 Å². The Hall–Kier alpha value is -1.76. The molecule has 0 unspecified atom stereocenters. The van der Waals surface area contributed by atoms with Crippen LogP contribution in [-0.2, 0) is 10.1 Å². The lowest BCUT2D eigenvalue weighted by molar-refractivity contribution is 0.486. The van der Waals surface area contributed by atoms with Gasteiger partial charge in [0.15, 0.2) is 0 Å². The second-order valence-corrected chi connectivity index (χ2v) is 6.59. The first kappa shape index (κ1) is 14.2. The van der Waals surface area contributed by atoms with Crippen LogP contribution in [0, 0.1) is 0 Å². The molecule has 0 saturated heterocycles. The summed E-state index contributed by atoms with van der Waals surface area (Å²) < 4.78 is 29.5. The van der Waals surface area contributed by atoms with E-state index in [1.165, 1.54) is 24.3 Å². The molecule has 1 N–H and O–H groups in total. The molecular formula is C13H8Cl2N2O3S. The fourth-order valence-corrected chi connectivity index (χ4v) is 3.09. The van der Waals surface area contributed by atoms with Crippen molar-refractivity contribution in [2.75, 3.05) is 0 Å². The first-order valence-electron chi connectivity index (χ1n) is 5.78. The number of nitrogens with one attached hydrogen (secondary N) is 1. The van der Waals surface area contributed by atoms with Crippen molar-refractivity contribution in [3.05, 3.63) is 52.6 Å². The number of rotatable bonds is 3. The van der Waals surface area contributed by atoms with Crippen molar-refractivity contribution in [1.82, 2.24) is 10.2 Å². The molecule has 1 aromatic heterocycles. The molecule has 0 fully saturated rings. The Morgan fingerprint density at radius 1 is 1.05 bits per heavy atom. The van der Waals surface area contributed by atoms with Gasteiger partial charge in [0.1, 0.15) is 10.6 Å². The fourth-order valence-electron chi connectivity index (χ4n) is 1.78. The second kappa shape index (κ2) is 5.22. The molecule has 0 aliphatic carbocycles. The molecule has 108 valence electrons.